The van der Waals surface area contributed by atoms with Crippen LogP contribution in [0.2, 0.25) is 0 Å². The fourth-order valence-corrected chi connectivity index (χ4v) is 3.07. The molecule has 32 heavy (non-hydrogen) atoms. The molecule has 176 valence electrons. The monoisotopic (exact) mass is 454 g/mol. The van der Waals surface area contributed by atoms with Crippen LogP contribution in [-0.2, 0) is 42.9 Å². The summed E-state index contributed by atoms with van der Waals surface area (Å²) >= 11 is 0. The van der Waals surface area contributed by atoms with Gasteiger partial charge in [0.25, 0.3) is 0 Å². The summed E-state index contributed by atoms with van der Waals surface area (Å²) in [4.78, 5) is 46.6. The number of methoxy groups -OCH3 is 1. The van der Waals surface area contributed by atoms with Gasteiger partial charge in [-0.25, -0.2) is 0 Å². The third kappa shape index (κ3) is 7.12. The van der Waals surface area contributed by atoms with E-state index < -0.39 is 54.6 Å². The van der Waals surface area contributed by atoms with Gasteiger partial charge in [0.15, 0.2) is 12.2 Å². The zero-order chi connectivity index (χ0) is 23.8. The van der Waals surface area contributed by atoms with Crippen molar-refractivity contribution in [3.8, 4) is 11.5 Å². The molecule has 3 unspecified atom stereocenters. The van der Waals surface area contributed by atoms with Gasteiger partial charge < -0.3 is 33.2 Å². The van der Waals surface area contributed by atoms with E-state index in [1.165, 1.54) is 14.0 Å². The Balaban J connectivity index is 2.42. The first-order chi connectivity index (χ1) is 15.1. The van der Waals surface area contributed by atoms with Gasteiger partial charge in [0.05, 0.1) is 7.11 Å². The highest BCUT2D eigenvalue weighted by molar-refractivity contribution is 5.68. The molecule has 0 aliphatic carbocycles. The molecule has 0 saturated carbocycles. The fraction of sp³-hybridized carbons (Fsp3) is 0.524. The Bertz CT molecular complexity index is 820. The lowest BCUT2D eigenvalue weighted by Gasteiger charge is -2.43. The molecule has 5 atom stereocenters. The van der Waals surface area contributed by atoms with E-state index in [9.17, 15) is 19.2 Å². The molecule has 11 heteroatoms. The SMILES string of the molecule is COc1ccc(O[C@@H]2OC(COC(C)=O)[C@H](OC(C)=O)C(OC(C)=O)C2OC(C)=O)cc1. The lowest BCUT2D eigenvalue weighted by Crippen LogP contribution is -2.63. The van der Waals surface area contributed by atoms with Gasteiger partial charge in [0.2, 0.25) is 12.4 Å². The third-order valence-corrected chi connectivity index (χ3v) is 4.26. The number of hydrogen-bond donors (Lipinski definition) is 0. The molecule has 0 bridgehead atoms. The van der Waals surface area contributed by atoms with Crippen LogP contribution >= 0.6 is 0 Å². The Morgan fingerprint density at radius 1 is 0.750 bits per heavy atom. The van der Waals surface area contributed by atoms with Crippen molar-refractivity contribution in [1.29, 1.82) is 0 Å². The van der Waals surface area contributed by atoms with Crippen LogP contribution in [0.15, 0.2) is 24.3 Å². The smallest absolute Gasteiger partial charge is 0.303 e. The van der Waals surface area contributed by atoms with Crippen LogP contribution in [0.25, 0.3) is 0 Å². The van der Waals surface area contributed by atoms with Gasteiger partial charge in [-0.15, -0.1) is 0 Å². The van der Waals surface area contributed by atoms with Gasteiger partial charge >= 0.3 is 23.9 Å². The van der Waals surface area contributed by atoms with Crippen molar-refractivity contribution in [2.75, 3.05) is 13.7 Å². The van der Waals surface area contributed by atoms with Gasteiger partial charge in [-0.3, -0.25) is 19.2 Å². The largest absolute Gasteiger partial charge is 0.497 e. The summed E-state index contributed by atoms with van der Waals surface area (Å²) in [7, 11) is 1.51. The van der Waals surface area contributed by atoms with Gasteiger partial charge in [0, 0.05) is 27.7 Å². The minimum atomic E-state index is -1.29. The zero-order valence-electron chi connectivity index (χ0n) is 18.4. The predicted octanol–water partition coefficient (Wildman–Crippen LogP) is 1.16. The topological polar surface area (TPSA) is 133 Å². The standard InChI is InChI=1S/C21H26O11/c1-11(22)27-10-17-18(28-12(2)23)19(29-13(3)24)20(30-14(4)25)21(32-17)31-16-8-6-15(26-5)7-9-16/h6-9,17-21H,10H2,1-5H3/t17?,18-,19?,20?,21+/m0/s1. The molecule has 1 heterocycles. The second kappa shape index (κ2) is 11.3. The lowest BCUT2D eigenvalue weighted by molar-refractivity contribution is -0.288. The van der Waals surface area contributed by atoms with Gasteiger partial charge in [-0.2, -0.15) is 0 Å². The van der Waals surface area contributed by atoms with E-state index in [1.54, 1.807) is 24.3 Å². The minimum Gasteiger partial charge on any atom is -0.497 e. The molecule has 1 aromatic rings. The van der Waals surface area contributed by atoms with Crippen LogP contribution in [0.5, 0.6) is 11.5 Å². The summed E-state index contributed by atoms with van der Waals surface area (Å²) in [5.41, 5.74) is 0. The number of ether oxygens (including phenoxy) is 7. The number of carbonyl (C=O) groups is 4. The van der Waals surface area contributed by atoms with E-state index in [2.05, 4.69) is 0 Å². The number of carbonyl (C=O) groups excluding carboxylic acids is 4. The van der Waals surface area contributed by atoms with Gasteiger partial charge in [0.1, 0.15) is 24.2 Å². The van der Waals surface area contributed by atoms with E-state index in [4.69, 9.17) is 33.2 Å². The summed E-state index contributed by atoms with van der Waals surface area (Å²) in [5, 5.41) is 0. The molecule has 2 rings (SSSR count). The molecule has 1 saturated heterocycles. The summed E-state index contributed by atoms with van der Waals surface area (Å²) in [6.45, 7) is 4.31. The summed E-state index contributed by atoms with van der Waals surface area (Å²) in [6, 6.07) is 6.46. The first kappa shape index (κ1) is 24.9. The number of benzene rings is 1. The molecule has 0 radical (unpaired) electrons. The molecule has 0 aromatic heterocycles. The molecular formula is C21H26O11. The van der Waals surface area contributed by atoms with Crippen molar-refractivity contribution in [2.24, 2.45) is 0 Å². The van der Waals surface area contributed by atoms with Crippen LogP contribution in [0.3, 0.4) is 0 Å². The van der Waals surface area contributed by atoms with Crippen LogP contribution < -0.4 is 9.47 Å². The van der Waals surface area contributed by atoms with Gasteiger partial charge in [-0.05, 0) is 24.3 Å². The highest BCUT2D eigenvalue weighted by Gasteiger charge is 2.53. The molecule has 0 N–H and O–H groups in total. The van der Waals surface area contributed by atoms with Crippen molar-refractivity contribution in [3.63, 3.8) is 0 Å². The van der Waals surface area contributed by atoms with Crippen molar-refractivity contribution in [2.45, 2.75) is 58.4 Å². The Kier molecular flexibility index (Phi) is 8.82. The van der Waals surface area contributed by atoms with Crippen LogP contribution in [0, 0.1) is 0 Å². The van der Waals surface area contributed by atoms with Crippen LogP contribution in [-0.4, -0.2) is 68.3 Å². The first-order valence-corrected chi connectivity index (χ1v) is 9.72. The summed E-state index contributed by atoms with van der Waals surface area (Å²) in [5.74, 6) is -1.83. The molecule has 1 aromatic carbocycles. The van der Waals surface area contributed by atoms with Crippen molar-refractivity contribution in [3.05, 3.63) is 24.3 Å². The van der Waals surface area contributed by atoms with Crippen molar-refractivity contribution >= 4 is 23.9 Å². The Morgan fingerprint density at radius 3 is 1.75 bits per heavy atom. The molecule has 1 fully saturated rings. The fourth-order valence-electron chi connectivity index (χ4n) is 3.07. The van der Waals surface area contributed by atoms with E-state index >= 15 is 0 Å². The maximum absolute atomic E-state index is 11.8. The zero-order valence-corrected chi connectivity index (χ0v) is 18.4. The molecule has 1 aliphatic rings. The van der Waals surface area contributed by atoms with E-state index in [0.29, 0.717) is 11.5 Å². The normalized spacial score (nSPS) is 24.6. The molecule has 11 nitrogen and oxygen atoms in total. The van der Waals surface area contributed by atoms with Crippen LogP contribution in [0.4, 0.5) is 0 Å². The minimum absolute atomic E-state index is 0.326. The molecular weight excluding hydrogens is 428 g/mol. The first-order valence-electron chi connectivity index (χ1n) is 9.72. The Hall–Kier alpha value is -3.34. The maximum atomic E-state index is 11.8. The second-order valence-electron chi connectivity index (χ2n) is 6.86. The molecule has 0 amide bonds. The third-order valence-electron chi connectivity index (χ3n) is 4.26. The maximum Gasteiger partial charge on any atom is 0.303 e. The highest BCUT2D eigenvalue weighted by atomic mass is 16.7. The Morgan fingerprint density at radius 2 is 1.25 bits per heavy atom. The Labute approximate surface area is 184 Å². The summed E-state index contributed by atoms with van der Waals surface area (Å²) < 4.78 is 37.8. The van der Waals surface area contributed by atoms with E-state index in [0.717, 1.165) is 20.8 Å². The molecule has 1 aliphatic heterocycles. The average molecular weight is 454 g/mol. The number of esters is 4. The van der Waals surface area contributed by atoms with Crippen molar-refractivity contribution in [1.82, 2.24) is 0 Å². The second-order valence-corrected chi connectivity index (χ2v) is 6.86. The predicted molar refractivity (Wildman–Crippen MR) is 106 cm³/mol. The summed E-state index contributed by atoms with van der Waals surface area (Å²) in [6.07, 6.45) is -6.20. The number of hydrogen-bond acceptors (Lipinski definition) is 11. The van der Waals surface area contributed by atoms with Crippen LogP contribution in [0.1, 0.15) is 27.7 Å². The number of rotatable bonds is 8. The molecule has 0 spiro atoms. The van der Waals surface area contributed by atoms with E-state index in [1.807, 2.05) is 0 Å². The van der Waals surface area contributed by atoms with Gasteiger partial charge in [-0.1, -0.05) is 0 Å². The average Bonchev–Trinajstić information content (AvgIpc) is 2.70. The van der Waals surface area contributed by atoms with Crippen molar-refractivity contribution < 1.29 is 52.3 Å². The lowest BCUT2D eigenvalue weighted by atomic mass is 9.98. The quantitative estimate of drug-likeness (QED) is 0.414. The highest BCUT2D eigenvalue weighted by Crippen LogP contribution is 2.31. The van der Waals surface area contributed by atoms with E-state index in [-0.39, 0.29) is 6.61 Å².